The van der Waals surface area contributed by atoms with Crippen molar-refractivity contribution in [3.05, 3.63) is 48.0 Å². The molecule has 4 heteroatoms. The standard InChI is InChI=1S/C26H36O4/c1-5-14-26(16-19(2)3,17-24(27)28)18-25(29)30-15-13-20(4)22-12-8-10-21-9-6-7-11-23(21)22/h6-12,19-20H,5,13-18H2,1-4H3,(H,27,28). The summed E-state index contributed by atoms with van der Waals surface area (Å²) in [7, 11) is 0. The molecule has 0 radical (unpaired) electrons. The number of carboxylic acids is 1. The Kier molecular flexibility index (Phi) is 8.88. The summed E-state index contributed by atoms with van der Waals surface area (Å²) in [5.41, 5.74) is 0.739. The Bertz CT molecular complexity index is 837. The molecular formula is C26H36O4. The number of ether oxygens (including phenoxy) is 1. The van der Waals surface area contributed by atoms with E-state index in [0.29, 0.717) is 18.9 Å². The zero-order chi connectivity index (χ0) is 22.1. The molecule has 0 aliphatic heterocycles. The highest BCUT2D eigenvalue weighted by molar-refractivity contribution is 5.86. The van der Waals surface area contributed by atoms with E-state index in [1.807, 2.05) is 19.1 Å². The number of carbonyl (C=O) groups is 2. The molecule has 0 saturated heterocycles. The average Bonchev–Trinajstić information content (AvgIpc) is 2.66. The number of benzene rings is 2. The fraction of sp³-hybridized carbons (Fsp3) is 0.538. The van der Waals surface area contributed by atoms with Crippen LogP contribution in [0.1, 0.15) is 77.7 Å². The molecule has 2 atom stereocenters. The van der Waals surface area contributed by atoms with Gasteiger partial charge in [0.2, 0.25) is 0 Å². The maximum Gasteiger partial charge on any atom is 0.306 e. The first-order valence-electron chi connectivity index (χ1n) is 11.1. The van der Waals surface area contributed by atoms with Gasteiger partial charge in [0.05, 0.1) is 19.4 Å². The van der Waals surface area contributed by atoms with Gasteiger partial charge in [-0.15, -0.1) is 0 Å². The molecule has 30 heavy (non-hydrogen) atoms. The fourth-order valence-corrected chi connectivity index (χ4v) is 4.75. The Hall–Kier alpha value is -2.36. The van der Waals surface area contributed by atoms with Gasteiger partial charge in [0, 0.05) is 0 Å². The van der Waals surface area contributed by atoms with Crippen molar-refractivity contribution in [3.63, 3.8) is 0 Å². The van der Waals surface area contributed by atoms with Gasteiger partial charge in [0.1, 0.15) is 0 Å². The lowest BCUT2D eigenvalue weighted by Crippen LogP contribution is -2.30. The normalized spacial score (nSPS) is 14.4. The van der Waals surface area contributed by atoms with Crippen LogP contribution in [-0.2, 0) is 14.3 Å². The van der Waals surface area contributed by atoms with E-state index < -0.39 is 11.4 Å². The first kappa shape index (κ1) is 23.9. The first-order valence-corrected chi connectivity index (χ1v) is 11.1. The van der Waals surface area contributed by atoms with Crippen LogP contribution in [0.4, 0.5) is 0 Å². The average molecular weight is 413 g/mol. The van der Waals surface area contributed by atoms with E-state index in [-0.39, 0.29) is 24.7 Å². The second-order valence-electron chi connectivity index (χ2n) is 9.07. The third-order valence-electron chi connectivity index (χ3n) is 5.84. The van der Waals surface area contributed by atoms with Gasteiger partial charge in [-0.1, -0.05) is 76.6 Å². The number of fused-ring (bicyclic) bond motifs is 1. The molecule has 0 saturated carbocycles. The molecule has 0 amide bonds. The molecule has 2 aromatic rings. The molecule has 2 aromatic carbocycles. The van der Waals surface area contributed by atoms with Crippen molar-refractivity contribution < 1.29 is 19.4 Å². The lowest BCUT2D eigenvalue weighted by atomic mass is 9.71. The molecule has 2 unspecified atom stereocenters. The molecule has 164 valence electrons. The summed E-state index contributed by atoms with van der Waals surface area (Å²) in [6, 6.07) is 14.6. The first-order chi connectivity index (χ1) is 14.3. The number of hydrogen-bond donors (Lipinski definition) is 1. The largest absolute Gasteiger partial charge is 0.481 e. The predicted molar refractivity (Wildman–Crippen MR) is 122 cm³/mol. The Morgan fingerprint density at radius 2 is 1.73 bits per heavy atom. The zero-order valence-electron chi connectivity index (χ0n) is 18.8. The minimum atomic E-state index is -0.846. The molecule has 0 aliphatic carbocycles. The third-order valence-corrected chi connectivity index (χ3v) is 5.84. The fourth-order valence-electron chi connectivity index (χ4n) is 4.75. The number of hydrogen-bond acceptors (Lipinski definition) is 3. The van der Waals surface area contributed by atoms with Crippen molar-refractivity contribution in [2.45, 2.75) is 72.1 Å². The monoisotopic (exact) mass is 412 g/mol. The number of aliphatic carboxylic acids is 1. The van der Waals surface area contributed by atoms with Crippen LogP contribution in [0.2, 0.25) is 0 Å². The Morgan fingerprint density at radius 1 is 1.03 bits per heavy atom. The van der Waals surface area contributed by atoms with Crippen molar-refractivity contribution in [1.29, 1.82) is 0 Å². The highest BCUT2D eigenvalue weighted by atomic mass is 16.5. The van der Waals surface area contributed by atoms with Crippen molar-refractivity contribution in [2.24, 2.45) is 11.3 Å². The molecule has 4 nitrogen and oxygen atoms in total. The summed E-state index contributed by atoms with van der Waals surface area (Å²) < 4.78 is 5.58. The molecule has 0 fully saturated rings. The number of carbonyl (C=O) groups excluding carboxylic acids is 1. The smallest absolute Gasteiger partial charge is 0.306 e. The minimum absolute atomic E-state index is 0.0144. The van der Waals surface area contributed by atoms with Crippen LogP contribution in [0.5, 0.6) is 0 Å². The van der Waals surface area contributed by atoms with Crippen LogP contribution in [0.15, 0.2) is 42.5 Å². The Balaban J connectivity index is 1.98. The van der Waals surface area contributed by atoms with Gasteiger partial charge in [-0.05, 0) is 52.8 Å². The minimum Gasteiger partial charge on any atom is -0.481 e. The number of carboxylic acid groups (broad SMARTS) is 1. The van der Waals surface area contributed by atoms with E-state index in [1.165, 1.54) is 16.3 Å². The summed E-state index contributed by atoms with van der Waals surface area (Å²) in [6.07, 6.45) is 3.22. The molecule has 0 aliphatic rings. The van der Waals surface area contributed by atoms with Gasteiger partial charge in [0.15, 0.2) is 0 Å². The van der Waals surface area contributed by atoms with E-state index in [0.717, 1.165) is 19.3 Å². The SMILES string of the molecule is CCCC(CC(=O)O)(CC(=O)OCCC(C)c1cccc2ccccc12)CC(C)C. The predicted octanol–water partition coefficient (Wildman–Crippen LogP) is 6.57. The van der Waals surface area contributed by atoms with Gasteiger partial charge in [-0.2, -0.15) is 0 Å². The van der Waals surface area contributed by atoms with Crippen LogP contribution in [0.25, 0.3) is 10.8 Å². The van der Waals surface area contributed by atoms with Gasteiger partial charge >= 0.3 is 11.9 Å². The van der Waals surface area contributed by atoms with Crippen molar-refractivity contribution in [3.8, 4) is 0 Å². The van der Waals surface area contributed by atoms with Crippen LogP contribution >= 0.6 is 0 Å². The highest BCUT2D eigenvalue weighted by Crippen LogP contribution is 2.39. The zero-order valence-corrected chi connectivity index (χ0v) is 18.8. The molecule has 0 heterocycles. The van der Waals surface area contributed by atoms with Crippen molar-refractivity contribution in [2.75, 3.05) is 6.61 Å². The summed E-state index contributed by atoms with van der Waals surface area (Å²) in [6.45, 7) is 8.68. The van der Waals surface area contributed by atoms with E-state index in [4.69, 9.17) is 4.74 Å². The van der Waals surface area contributed by atoms with E-state index >= 15 is 0 Å². The second-order valence-corrected chi connectivity index (χ2v) is 9.07. The lowest BCUT2D eigenvalue weighted by Gasteiger charge is -2.33. The number of esters is 1. The molecule has 0 spiro atoms. The second kappa shape index (κ2) is 11.1. The summed E-state index contributed by atoms with van der Waals surface area (Å²) in [5.74, 6) is -0.536. The summed E-state index contributed by atoms with van der Waals surface area (Å²) >= 11 is 0. The van der Waals surface area contributed by atoms with Crippen LogP contribution in [0.3, 0.4) is 0 Å². The van der Waals surface area contributed by atoms with Gasteiger partial charge in [-0.25, -0.2) is 0 Å². The molecule has 2 rings (SSSR count). The van der Waals surface area contributed by atoms with Gasteiger partial charge < -0.3 is 9.84 Å². The Labute approximate surface area is 180 Å². The molecular weight excluding hydrogens is 376 g/mol. The topological polar surface area (TPSA) is 63.6 Å². The Morgan fingerprint density at radius 3 is 2.40 bits per heavy atom. The maximum atomic E-state index is 12.6. The molecule has 1 N–H and O–H groups in total. The summed E-state index contributed by atoms with van der Waals surface area (Å²) in [5, 5.41) is 11.9. The molecule has 0 aromatic heterocycles. The van der Waals surface area contributed by atoms with Gasteiger partial charge in [0.25, 0.3) is 0 Å². The van der Waals surface area contributed by atoms with E-state index in [9.17, 15) is 14.7 Å². The van der Waals surface area contributed by atoms with Crippen LogP contribution in [0, 0.1) is 11.3 Å². The molecule has 0 bridgehead atoms. The lowest BCUT2D eigenvalue weighted by molar-refractivity contribution is -0.149. The van der Waals surface area contributed by atoms with Crippen LogP contribution < -0.4 is 0 Å². The van der Waals surface area contributed by atoms with Gasteiger partial charge in [-0.3, -0.25) is 9.59 Å². The van der Waals surface area contributed by atoms with Crippen molar-refractivity contribution in [1.82, 2.24) is 0 Å². The van der Waals surface area contributed by atoms with Crippen LogP contribution in [-0.4, -0.2) is 23.7 Å². The quantitative estimate of drug-likeness (QED) is 0.400. The highest BCUT2D eigenvalue weighted by Gasteiger charge is 2.35. The van der Waals surface area contributed by atoms with E-state index in [2.05, 4.69) is 51.1 Å². The maximum absolute atomic E-state index is 12.6. The number of rotatable bonds is 12. The summed E-state index contributed by atoms with van der Waals surface area (Å²) in [4.78, 5) is 24.1. The van der Waals surface area contributed by atoms with E-state index in [1.54, 1.807) is 0 Å². The third kappa shape index (κ3) is 6.86. The van der Waals surface area contributed by atoms with Crippen molar-refractivity contribution >= 4 is 22.7 Å².